The van der Waals surface area contributed by atoms with Crippen molar-refractivity contribution >= 4 is 43.7 Å². The maximum Gasteiger partial charge on any atom is 0.326 e. The van der Waals surface area contributed by atoms with Crippen LogP contribution in [0, 0.1) is 0 Å². The molecule has 5 nitrogen and oxygen atoms in total. The van der Waals surface area contributed by atoms with E-state index < -0.39 is 17.9 Å². The lowest BCUT2D eigenvalue weighted by Gasteiger charge is -2.15. The number of nitrogens with one attached hydrogen (secondary N) is 1. The summed E-state index contributed by atoms with van der Waals surface area (Å²) in [5.41, 5.74) is 1.11. The maximum absolute atomic E-state index is 12.2. The molecule has 0 radical (unpaired) electrons. The van der Waals surface area contributed by atoms with Gasteiger partial charge < -0.3 is 10.4 Å². The Kier molecular flexibility index (Phi) is 5.68. The molecule has 114 valence electrons. The van der Waals surface area contributed by atoms with Gasteiger partial charge in [-0.2, -0.15) is 0 Å². The molecule has 0 saturated heterocycles. The number of hydrogen-bond donors (Lipinski definition) is 2. The molecule has 1 amide bonds. The molecule has 2 rings (SSSR count). The zero-order valence-corrected chi connectivity index (χ0v) is 14.5. The van der Waals surface area contributed by atoms with Crippen LogP contribution in [0.25, 0.3) is 0 Å². The molecule has 0 unspecified atom stereocenters. The number of carboxylic acids is 1. The molecular weight excluding hydrogens is 416 g/mol. The standard InChI is InChI=1S/C15H12Br2N2O3/c16-11-5-1-3-10(7-11)14(20)19-12(15(21)22)8-9-4-2-6-18-13(9)17/h1-7,12H,8H2,(H,19,20)(H,21,22)/t12-/m1/s1. The zero-order valence-electron chi connectivity index (χ0n) is 11.3. The normalized spacial score (nSPS) is 11.7. The van der Waals surface area contributed by atoms with Gasteiger partial charge in [-0.05, 0) is 45.8 Å². The summed E-state index contributed by atoms with van der Waals surface area (Å²) in [7, 11) is 0. The van der Waals surface area contributed by atoms with Crippen molar-refractivity contribution in [2.24, 2.45) is 0 Å². The predicted molar refractivity (Wildman–Crippen MR) is 88.7 cm³/mol. The SMILES string of the molecule is O=C(N[C@H](Cc1cccnc1Br)C(=O)O)c1cccc(Br)c1. The van der Waals surface area contributed by atoms with E-state index in [1.807, 2.05) is 0 Å². The number of halogens is 2. The Labute approximate surface area is 144 Å². The highest BCUT2D eigenvalue weighted by atomic mass is 79.9. The van der Waals surface area contributed by atoms with Gasteiger partial charge in [-0.15, -0.1) is 0 Å². The number of hydrogen-bond acceptors (Lipinski definition) is 3. The number of aliphatic carboxylic acids is 1. The predicted octanol–water partition coefficient (Wildman–Crippen LogP) is 3.03. The van der Waals surface area contributed by atoms with E-state index in [2.05, 4.69) is 42.2 Å². The summed E-state index contributed by atoms with van der Waals surface area (Å²) in [6.45, 7) is 0. The molecule has 0 saturated carbocycles. The van der Waals surface area contributed by atoms with E-state index in [1.165, 1.54) is 0 Å². The molecule has 2 aromatic rings. The van der Waals surface area contributed by atoms with Crippen LogP contribution in [0.2, 0.25) is 0 Å². The Hall–Kier alpha value is -1.73. The average Bonchev–Trinajstić information content (AvgIpc) is 2.48. The van der Waals surface area contributed by atoms with Gasteiger partial charge in [0.1, 0.15) is 10.6 Å². The van der Waals surface area contributed by atoms with Crippen molar-refractivity contribution in [2.45, 2.75) is 12.5 Å². The second-order valence-corrected chi connectivity index (χ2v) is 6.20. The van der Waals surface area contributed by atoms with Crippen LogP contribution >= 0.6 is 31.9 Å². The fraction of sp³-hybridized carbons (Fsp3) is 0.133. The molecule has 7 heteroatoms. The Morgan fingerprint density at radius 2 is 2.00 bits per heavy atom. The molecule has 0 spiro atoms. The van der Waals surface area contributed by atoms with Crippen LogP contribution in [-0.4, -0.2) is 28.0 Å². The molecule has 0 bridgehead atoms. The van der Waals surface area contributed by atoms with Gasteiger partial charge in [0.2, 0.25) is 0 Å². The summed E-state index contributed by atoms with van der Waals surface area (Å²) in [4.78, 5) is 27.6. The number of carbonyl (C=O) groups is 2. The van der Waals surface area contributed by atoms with Crippen molar-refractivity contribution in [3.05, 3.63) is 62.8 Å². The summed E-state index contributed by atoms with van der Waals surface area (Å²) in [6, 6.07) is 9.21. The van der Waals surface area contributed by atoms with Crippen molar-refractivity contribution in [3.63, 3.8) is 0 Å². The van der Waals surface area contributed by atoms with Crippen LogP contribution in [0.4, 0.5) is 0 Å². The summed E-state index contributed by atoms with van der Waals surface area (Å²) >= 11 is 6.55. The van der Waals surface area contributed by atoms with Crippen molar-refractivity contribution in [3.8, 4) is 0 Å². The molecule has 0 aliphatic rings. The molecule has 2 N–H and O–H groups in total. The average molecular weight is 428 g/mol. The van der Waals surface area contributed by atoms with E-state index in [9.17, 15) is 14.7 Å². The number of aromatic nitrogens is 1. The number of nitrogens with zero attached hydrogens (tertiary/aromatic N) is 1. The minimum absolute atomic E-state index is 0.142. The van der Waals surface area contributed by atoms with Gasteiger partial charge in [-0.1, -0.05) is 28.1 Å². The first-order valence-corrected chi connectivity index (χ1v) is 7.94. The van der Waals surface area contributed by atoms with Gasteiger partial charge in [0, 0.05) is 22.7 Å². The fourth-order valence-electron chi connectivity index (χ4n) is 1.86. The summed E-state index contributed by atoms with van der Waals surface area (Å²) in [5, 5.41) is 11.8. The molecule has 1 aromatic heterocycles. The van der Waals surface area contributed by atoms with Crippen molar-refractivity contribution in [2.75, 3.05) is 0 Å². The Morgan fingerprint density at radius 3 is 2.64 bits per heavy atom. The Balaban J connectivity index is 2.14. The molecule has 1 atom stereocenters. The minimum Gasteiger partial charge on any atom is -0.480 e. The third-order valence-corrected chi connectivity index (χ3v) is 4.16. The van der Waals surface area contributed by atoms with Gasteiger partial charge >= 0.3 is 5.97 Å². The number of benzene rings is 1. The van der Waals surface area contributed by atoms with Crippen LogP contribution in [0.3, 0.4) is 0 Å². The molecule has 22 heavy (non-hydrogen) atoms. The van der Waals surface area contributed by atoms with Gasteiger partial charge in [0.05, 0.1) is 0 Å². The largest absolute Gasteiger partial charge is 0.480 e. The number of pyridine rings is 1. The Morgan fingerprint density at radius 1 is 1.23 bits per heavy atom. The Bertz CT molecular complexity index is 707. The summed E-state index contributed by atoms with van der Waals surface area (Å²) < 4.78 is 1.32. The molecule has 1 heterocycles. The molecule has 0 aliphatic carbocycles. The zero-order chi connectivity index (χ0) is 16.1. The van der Waals surface area contributed by atoms with E-state index in [0.717, 1.165) is 4.47 Å². The smallest absolute Gasteiger partial charge is 0.326 e. The van der Waals surface area contributed by atoms with Crippen molar-refractivity contribution in [1.82, 2.24) is 10.3 Å². The molecule has 0 aliphatic heterocycles. The van der Waals surface area contributed by atoms with Crippen LogP contribution in [0.15, 0.2) is 51.7 Å². The van der Waals surface area contributed by atoms with Crippen molar-refractivity contribution in [1.29, 1.82) is 0 Å². The van der Waals surface area contributed by atoms with Crippen LogP contribution in [0.1, 0.15) is 15.9 Å². The van der Waals surface area contributed by atoms with E-state index in [1.54, 1.807) is 42.6 Å². The van der Waals surface area contributed by atoms with Gasteiger partial charge in [0.25, 0.3) is 5.91 Å². The van der Waals surface area contributed by atoms with Gasteiger partial charge in [-0.3, -0.25) is 4.79 Å². The monoisotopic (exact) mass is 426 g/mol. The first-order valence-electron chi connectivity index (χ1n) is 6.36. The highest BCUT2D eigenvalue weighted by Crippen LogP contribution is 2.16. The van der Waals surface area contributed by atoms with Crippen LogP contribution in [-0.2, 0) is 11.2 Å². The third-order valence-electron chi connectivity index (χ3n) is 2.95. The first kappa shape index (κ1) is 16.6. The van der Waals surface area contributed by atoms with E-state index >= 15 is 0 Å². The molecule has 1 aromatic carbocycles. The number of rotatable bonds is 5. The van der Waals surface area contributed by atoms with E-state index in [-0.39, 0.29) is 6.42 Å². The quantitative estimate of drug-likeness (QED) is 0.718. The summed E-state index contributed by atoms with van der Waals surface area (Å²) in [6.07, 6.45) is 1.74. The van der Waals surface area contributed by atoms with Crippen molar-refractivity contribution < 1.29 is 14.7 Å². The minimum atomic E-state index is -1.10. The number of amides is 1. The van der Waals surface area contributed by atoms with Gasteiger partial charge in [0.15, 0.2) is 0 Å². The second kappa shape index (κ2) is 7.51. The number of carboxylic acid groups (broad SMARTS) is 1. The number of carbonyl (C=O) groups excluding carboxylic acids is 1. The topological polar surface area (TPSA) is 79.3 Å². The van der Waals surface area contributed by atoms with Crippen LogP contribution in [0.5, 0.6) is 0 Å². The lowest BCUT2D eigenvalue weighted by Crippen LogP contribution is -2.42. The van der Waals surface area contributed by atoms with E-state index in [0.29, 0.717) is 15.7 Å². The molecule has 0 fully saturated rings. The van der Waals surface area contributed by atoms with Gasteiger partial charge in [-0.25, -0.2) is 9.78 Å². The highest BCUT2D eigenvalue weighted by molar-refractivity contribution is 9.10. The summed E-state index contributed by atoms with van der Waals surface area (Å²) in [5.74, 6) is -1.53. The lowest BCUT2D eigenvalue weighted by atomic mass is 10.1. The maximum atomic E-state index is 12.2. The highest BCUT2D eigenvalue weighted by Gasteiger charge is 2.22. The lowest BCUT2D eigenvalue weighted by molar-refractivity contribution is -0.139. The third kappa shape index (κ3) is 4.38. The molecular formula is C15H12Br2N2O3. The van der Waals surface area contributed by atoms with E-state index in [4.69, 9.17) is 0 Å². The fourth-order valence-corrected chi connectivity index (χ4v) is 2.67. The first-order chi connectivity index (χ1) is 10.5. The second-order valence-electron chi connectivity index (χ2n) is 4.53. The van der Waals surface area contributed by atoms with Crippen LogP contribution < -0.4 is 5.32 Å².